The van der Waals surface area contributed by atoms with E-state index in [1.54, 1.807) is 0 Å². The van der Waals surface area contributed by atoms with Crippen molar-refractivity contribution in [1.82, 2.24) is 9.97 Å². The maximum Gasteiger partial charge on any atom is 0.219 e. The summed E-state index contributed by atoms with van der Waals surface area (Å²) < 4.78 is 37.4. The molecule has 0 saturated heterocycles. The number of halogens is 1. The monoisotopic (exact) mass is 267 g/mol. The molecule has 0 aliphatic rings. The van der Waals surface area contributed by atoms with Crippen molar-refractivity contribution in [3.8, 4) is 0 Å². The summed E-state index contributed by atoms with van der Waals surface area (Å²) in [6, 6.07) is 3.58. The number of hydrogen-bond acceptors (Lipinski definition) is 5. The highest BCUT2D eigenvalue weighted by Gasteiger charge is 2.19. The first-order valence-corrected chi connectivity index (χ1v) is 6.48. The van der Waals surface area contributed by atoms with E-state index in [1.807, 2.05) is 0 Å². The molecule has 0 fully saturated rings. The van der Waals surface area contributed by atoms with Gasteiger partial charge in [0.15, 0.2) is 0 Å². The van der Waals surface area contributed by atoms with Gasteiger partial charge in [0.05, 0.1) is 17.3 Å². The van der Waals surface area contributed by atoms with E-state index in [-0.39, 0.29) is 21.3 Å². The van der Waals surface area contributed by atoms with Gasteiger partial charge < -0.3 is 5.73 Å². The second-order valence-electron chi connectivity index (χ2n) is 3.69. The topological polar surface area (TPSA) is 85.9 Å². The molecular formula is C11H10FN3O2S. The van der Waals surface area contributed by atoms with E-state index in [2.05, 4.69) is 9.97 Å². The molecule has 18 heavy (non-hydrogen) atoms. The van der Waals surface area contributed by atoms with E-state index in [9.17, 15) is 12.8 Å². The van der Waals surface area contributed by atoms with Crippen LogP contribution in [0.15, 0.2) is 40.4 Å². The number of nitrogens with two attached hydrogens (primary N) is 1. The van der Waals surface area contributed by atoms with Gasteiger partial charge in [-0.3, -0.25) is 0 Å². The van der Waals surface area contributed by atoms with Gasteiger partial charge in [-0.05, 0) is 30.7 Å². The molecule has 7 heteroatoms. The van der Waals surface area contributed by atoms with Gasteiger partial charge in [0.25, 0.3) is 0 Å². The molecule has 0 atom stereocenters. The molecule has 1 heterocycles. The molecule has 0 radical (unpaired) electrons. The average Bonchev–Trinajstić information content (AvgIpc) is 2.33. The Bertz CT molecular complexity index is 684. The molecule has 94 valence electrons. The Hall–Kier alpha value is -2.02. The molecule has 2 rings (SSSR count). The summed E-state index contributed by atoms with van der Waals surface area (Å²) in [4.78, 5) is 7.16. The number of nitrogens with zero attached hydrogens (tertiary/aromatic N) is 2. The SMILES string of the molecule is Cc1cc(S(=O)(=O)c2cnc(N)nc2)ccc1F. The van der Waals surface area contributed by atoms with Gasteiger partial charge in [0.2, 0.25) is 15.8 Å². The lowest BCUT2D eigenvalue weighted by Gasteiger charge is -2.05. The van der Waals surface area contributed by atoms with E-state index in [1.165, 1.54) is 19.1 Å². The fourth-order valence-corrected chi connectivity index (χ4v) is 2.62. The van der Waals surface area contributed by atoms with Crippen LogP contribution in [-0.2, 0) is 9.84 Å². The molecule has 1 aromatic heterocycles. The average molecular weight is 267 g/mol. The summed E-state index contributed by atoms with van der Waals surface area (Å²) in [6.45, 7) is 1.49. The normalized spacial score (nSPS) is 11.4. The predicted octanol–water partition coefficient (Wildman–Crippen LogP) is 1.34. The highest BCUT2D eigenvalue weighted by atomic mass is 32.2. The Kier molecular flexibility index (Phi) is 3.00. The van der Waals surface area contributed by atoms with Crippen molar-refractivity contribution >= 4 is 15.8 Å². The molecule has 2 aromatic rings. The van der Waals surface area contributed by atoms with Crippen molar-refractivity contribution in [2.24, 2.45) is 0 Å². The van der Waals surface area contributed by atoms with Crippen LogP contribution in [-0.4, -0.2) is 18.4 Å². The number of anilines is 1. The summed E-state index contributed by atoms with van der Waals surface area (Å²) in [6.07, 6.45) is 2.24. The quantitative estimate of drug-likeness (QED) is 0.830. The number of rotatable bonds is 2. The van der Waals surface area contributed by atoms with Crippen molar-refractivity contribution in [1.29, 1.82) is 0 Å². The van der Waals surface area contributed by atoms with Crippen LogP contribution in [0, 0.1) is 12.7 Å². The molecule has 0 amide bonds. The number of aryl methyl sites for hydroxylation is 1. The highest BCUT2D eigenvalue weighted by molar-refractivity contribution is 7.91. The Labute approximate surface area is 103 Å². The second-order valence-corrected chi connectivity index (χ2v) is 5.64. The molecular weight excluding hydrogens is 257 g/mol. The lowest BCUT2D eigenvalue weighted by molar-refractivity contribution is 0.593. The zero-order valence-corrected chi connectivity index (χ0v) is 10.3. The standard InChI is InChI=1S/C11H10FN3O2S/c1-7-4-8(2-3-10(7)12)18(16,17)9-5-14-11(13)15-6-9/h2-6H,1H3,(H2,13,14,15). The lowest BCUT2D eigenvalue weighted by Crippen LogP contribution is -2.05. The van der Waals surface area contributed by atoms with Gasteiger partial charge in [-0.15, -0.1) is 0 Å². The van der Waals surface area contributed by atoms with Crippen molar-refractivity contribution in [3.05, 3.63) is 42.0 Å². The van der Waals surface area contributed by atoms with Crippen LogP contribution in [0.4, 0.5) is 10.3 Å². The van der Waals surface area contributed by atoms with Gasteiger partial charge in [-0.25, -0.2) is 22.8 Å². The van der Waals surface area contributed by atoms with Gasteiger partial charge in [0, 0.05) is 0 Å². The summed E-state index contributed by atoms with van der Waals surface area (Å²) in [5.74, 6) is -0.466. The molecule has 0 aliphatic carbocycles. The fourth-order valence-electron chi connectivity index (χ4n) is 1.39. The number of nitrogen functional groups attached to an aromatic ring is 1. The third-order valence-electron chi connectivity index (χ3n) is 2.40. The van der Waals surface area contributed by atoms with Crippen molar-refractivity contribution in [2.75, 3.05) is 5.73 Å². The minimum atomic E-state index is -3.74. The van der Waals surface area contributed by atoms with Gasteiger partial charge in [-0.2, -0.15) is 0 Å². The number of benzene rings is 1. The first-order valence-electron chi connectivity index (χ1n) is 5.00. The fraction of sp³-hybridized carbons (Fsp3) is 0.0909. The molecule has 0 spiro atoms. The van der Waals surface area contributed by atoms with Crippen LogP contribution in [0.3, 0.4) is 0 Å². The molecule has 0 bridgehead atoms. The largest absolute Gasteiger partial charge is 0.368 e. The molecule has 0 aliphatic heterocycles. The van der Waals surface area contributed by atoms with Crippen LogP contribution < -0.4 is 5.73 Å². The summed E-state index contributed by atoms with van der Waals surface area (Å²) >= 11 is 0. The van der Waals surface area contributed by atoms with Gasteiger partial charge in [0.1, 0.15) is 10.7 Å². The maximum absolute atomic E-state index is 13.1. The van der Waals surface area contributed by atoms with Crippen LogP contribution in [0.1, 0.15) is 5.56 Å². The van der Waals surface area contributed by atoms with Crippen molar-refractivity contribution in [3.63, 3.8) is 0 Å². The highest BCUT2D eigenvalue weighted by Crippen LogP contribution is 2.21. The Balaban J connectivity index is 2.54. The first-order chi connectivity index (χ1) is 8.41. The molecule has 2 N–H and O–H groups in total. The van der Waals surface area contributed by atoms with E-state index < -0.39 is 15.7 Å². The van der Waals surface area contributed by atoms with Crippen LogP contribution in [0.25, 0.3) is 0 Å². The van der Waals surface area contributed by atoms with Gasteiger partial charge in [-0.1, -0.05) is 0 Å². The smallest absolute Gasteiger partial charge is 0.219 e. The summed E-state index contributed by atoms with van der Waals surface area (Å²) in [5, 5.41) is 0. The van der Waals surface area contributed by atoms with Crippen LogP contribution in [0.5, 0.6) is 0 Å². The number of aromatic nitrogens is 2. The van der Waals surface area contributed by atoms with Crippen LogP contribution in [0.2, 0.25) is 0 Å². The minimum absolute atomic E-state index is 0.00484. The molecule has 1 aromatic carbocycles. The molecule has 5 nitrogen and oxygen atoms in total. The van der Waals surface area contributed by atoms with E-state index >= 15 is 0 Å². The number of sulfone groups is 1. The van der Waals surface area contributed by atoms with Crippen LogP contribution >= 0.6 is 0 Å². The van der Waals surface area contributed by atoms with E-state index in [0.29, 0.717) is 0 Å². The third-order valence-corrected chi connectivity index (χ3v) is 4.10. The zero-order valence-electron chi connectivity index (χ0n) is 9.46. The third kappa shape index (κ3) is 2.17. The van der Waals surface area contributed by atoms with Crippen molar-refractivity contribution < 1.29 is 12.8 Å². The molecule has 0 saturated carbocycles. The lowest BCUT2D eigenvalue weighted by atomic mass is 10.2. The van der Waals surface area contributed by atoms with Gasteiger partial charge >= 0.3 is 0 Å². The zero-order chi connectivity index (χ0) is 13.3. The molecule has 0 unspecified atom stereocenters. The van der Waals surface area contributed by atoms with E-state index in [0.717, 1.165) is 18.5 Å². The Morgan fingerprint density at radius 3 is 2.33 bits per heavy atom. The predicted molar refractivity (Wildman–Crippen MR) is 63.0 cm³/mol. The Morgan fingerprint density at radius 1 is 1.17 bits per heavy atom. The van der Waals surface area contributed by atoms with E-state index in [4.69, 9.17) is 5.73 Å². The van der Waals surface area contributed by atoms with Crippen molar-refractivity contribution in [2.45, 2.75) is 16.7 Å². The maximum atomic E-state index is 13.1. The second kappa shape index (κ2) is 4.34. The minimum Gasteiger partial charge on any atom is -0.368 e. The summed E-state index contributed by atoms with van der Waals surface area (Å²) in [5.41, 5.74) is 5.54. The number of hydrogen-bond donors (Lipinski definition) is 1. The summed E-state index contributed by atoms with van der Waals surface area (Å²) in [7, 11) is -3.74. The Morgan fingerprint density at radius 2 is 1.78 bits per heavy atom. The first kappa shape index (κ1) is 12.4.